The van der Waals surface area contributed by atoms with Gasteiger partial charge in [0.05, 0.1) is 23.7 Å². The summed E-state index contributed by atoms with van der Waals surface area (Å²) in [4.78, 5) is 53.9. The molecule has 0 bridgehead atoms. The van der Waals surface area contributed by atoms with Gasteiger partial charge in [0.25, 0.3) is 0 Å². The number of benzene rings is 2. The van der Waals surface area contributed by atoms with Gasteiger partial charge in [-0.25, -0.2) is 4.79 Å². The minimum Gasteiger partial charge on any atom is -0.495 e. The molecule has 0 spiro atoms. The van der Waals surface area contributed by atoms with Crippen LogP contribution in [0.15, 0.2) is 54.6 Å². The molecule has 1 fully saturated rings. The van der Waals surface area contributed by atoms with Gasteiger partial charge >= 0.3 is 5.97 Å². The summed E-state index contributed by atoms with van der Waals surface area (Å²) in [5, 5.41) is 8.86. The van der Waals surface area contributed by atoms with E-state index in [2.05, 4.69) is 16.0 Å². The number of hydrogen-bond acceptors (Lipinski definition) is 8. The van der Waals surface area contributed by atoms with Gasteiger partial charge in [0.2, 0.25) is 17.7 Å². The number of rotatable bonds is 9. The van der Waals surface area contributed by atoms with Gasteiger partial charge in [0.1, 0.15) is 30.0 Å². The normalized spacial score (nSPS) is 26.2. The Hall–Kier alpha value is -3.93. The maximum Gasteiger partial charge on any atom is 0.328 e. The predicted octanol–water partition coefficient (Wildman–Crippen LogP) is 4.16. The fraction of sp³-hybridized carbons (Fsp3) is 0.514. The van der Waals surface area contributed by atoms with Crippen LogP contribution in [0.2, 0.25) is 5.02 Å². The van der Waals surface area contributed by atoms with Crippen molar-refractivity contribution in [1.29, 1.82) is 0 Å². The van der Waals surface area contributed by atoms with Crippen LogP contribution in [0, 0.1) is 17.3 Å². The zero-order valence-corrected chi connectivity index (χ0v) is 29.8. The highest BCUT2D eigenvalue weighted by molar-refractivity contribution is 6.32. The van der Waals surface area contributed by atoms with E-state index in [1.54, 1.807) is 38.1 Å². The number of nitrogens with one attached hydrogen (secondary N) is 3. The number of esters is 1. The molecule has 2 aliphatic rings. The summed E-state index contributed by atoms with van der Waals surface area (Å²) in [7, 11) is 1.51. The molecular formula is C37H49ClN4O7. The molecule has 4 rings (SSSR count). The molecule has 0 radical (unpaired) electrons. The monoisotopic (exact) mass is 696 g/mol. The van der Waals surface area contributed by atoms with E-state index < -0.39 is 47.3 Å². The average Bonchev–Trinajstić information content (AvgIpc) is 3.86. The topological polar surface area (TPSA) is 161 Å². The number of carbonyl (C=O) groups is 4. The maximum atomic E-state index is 13.7. The Morgan fingerprint density at radius 3 is 2.33 bits per heavy atom. The van der Waals surface area contributed by atoms with Crippen LogP contribution in [-0.2, 0) is 41.6 Å². The standard InChI is InChI=1S/C37H49ClN4O7/c1-21(2)16-28-35(45)48-29(22(3)32-33(49-32)25-13-10-23(19-39)11-14-25)8-7-9-31(43)41-27(18-24-12-15-30(47-6)26(38)17-24)34(44)40-20-37(4,5)36(46)42-28/h7,9-15,17,21-22,27-29,32-33H,8,16,18-20,39H2,1-6H3,(H,40,44)(H,41,43)(H,42,46)/b9-7+/t22-,27+,28-,29-,32+,33+/m0/s1. The van der Waals surface area contributed by atoms with Crippen molar-refractivity contribution in [2.75, 3.05) is 13.7 Å². The van der Waals surface area contributed by atoms with Crippen molar-refractivity contribution in [3.8, 4) is 5.75 Å². The quantitative estimate of drug-likeness (QED) is 0.225. The van der Waals surface area contributed by atoms with E-state index in [9.17, 15) is 19.2 Å². The molecule has 266 valence electrons. The SMILES string of the molecule is COc1ccc(C[C@H]2NC(=O)/C=C/C[C@@H]([C@H](C)[C@H]3O[C@@H]3c3ccc(CN)cc3)OC(=O)[C@H](CC(C)C)NC(=O)C(C)(C)CNC2=O)cc1Cl. The number of halogens is 1. The van der Waals surface area contributed by atoms with E-state index in [0.717, 1.165) is 11.1 Å². The number of amides is 3. The molecule has 0 aliphatic carbocycles. The first-order valence-corrected chi connectivity index (χ1v) is 17.1. The second-order valence-electron chi connectivity index (χ2n) is 13.9. The third-order valence-electron chi connectivity index (χ3n) is 8.98. The van der Waals surface area contributed by atoms with Crippen LogP contribution < -0.4 is 26.4 Å². The molecule has 2 heterocycles. The second kappa shape index (κ2) is 16.7. The Labute approximate surface area is 293 Å². The van der Waals surface area contributed by atoms with Crippen molar-refractivity contribution in [2.45, 2.75) is 90.8 Å². The molecule has 2 aliphatic heterocycles. The summed E-state index contributed by atoms with van der Waals surface area (Å²) < 4.78 is 17.4. The summed E-state index contributed by atoms with van der Waals surface area (Å²) in [6.45, 7) is 9.62. The Bertz CT molecular complexity index is 1530. The first-order chi connectivity index (χ1) is 23.2. The lowest BCUT2D eigenvalue weighted by molar-refractivity contribution is -0.157. The van der Waals surface area contributed by atoms with E-state index in [-0.39, 0.29) is 43.4 Å². The van der Waals surface area contributed by atoms with E-state index in [4.69, 9.17) is 31.5 Å². The summed E-state index contributed by atoms with van der Waals surface area (Å²) in [5.74, 6) is -1.64. The van der Waals surface area contributed by atoms with Gasteiger partial charge < -0.3 is 35.9 Å². The molecule has 11 nitrogen and oxygen atoms in total. The van der Waals surface area contributed by atoms with Crippen molar-refractivity contribution in [1.82, 2.24) is 16.0 Å². The third-order valence-corrected chi connectivity index (χ3v) is 9.28. The van der Waals surface area contributed by atoms with Crippen LogP contribution in [0.25, 0.3) is 0 Å². The van der Waals surface area contributed by atoms with Crippen molar-refractivity contribution in [3.05, 3.63) is 76.3 Å². The zero-order chi connectivity index (χ0) is 35.9. The Balaban J connectivity index is 1.60. The molecule has 49 heavy (non-hydrogen) atoms. The van der Waals surface area contributed by atoms with E-state index in [0.29, 0.717) is 29.3 Å². The molecule has 1 saturated heterocycles. The Kier molecular flexibility index (Phi) is 12.9. The molecule has 2 aromatic carbocycles. The summed E-state index contributed by atoms with van der Waals surface area (Å²) in [5.41, 5.74) is 7.37. The molecular weight excluding hydrogens is 648 g/mol. The molecule has 0 saturated carbocycles. The Morgan fingerprint density at radius 1 is 1.00 bits per heavy atom. The number of cyclic esters (lactones) is 1. The lowest BCUT2D eigenvalue weighted by atomic mass is 9.90. The minimum atomic E-state index is -1.10. The van der Waals surface area contributed by atoms with E-state index >= 15 is 0 Å². The van der Waals surface area contributed by atoms with Crippen molar-refractivity contribution >= 4 is 35.3 Å². The zero-order valence-electron chi connectivity index (χ0n) is 29.1. The number of methoxy groups -OCH3 is 1. The van der Waals surface area contributed by atoms with Crippen LogP contribution >= 0.6 is 11.6 Å². The van der Waals surface area contributed by atoms with E-state index in [1.807, 2.05) is 45.0 Å². The number of ether oxygens (including phenoxy) is 3. The van der Waals surface area contributed by atoms with E-state index in [1.165, 1.54) is 13.2 Å². The minimum absolute atomic E-state index is 0.0426. The highest BCUT2D eigenvalue weighted by Crippen LogP contribution is 2.45. The van der Waals surface area contributed by atoms with Gasteiger partial charge in [-0.2, -0.15) is 0 Å². The first kappa shape index (κ1) is 37.9. The second-order valence-corrected chi connectivity index (χ2v) is 14.3. The molecule has 0 aromatic heterocycles. The fourth-order valence-electron chi connectivity index (χ4n) is 5.81. The lowest BCUT2D eigenvalue weighted by Gasteiger charge is -2.30. The predicted molar refractivity (Wildman–Crippen MR) is 187 cm³/mol. The van der Waals surface area contributed by atoms with Gasteiger partial charge in [0, 0.05) is 31.8 Å². The number of carbonyl (C=O) groups excluding carboxylic acids is 4. The molecule has 12 heteroatoms. The van der Waals surface area contributed by atoms with Crippen molar-refractivity contribution in [2.24, 2.45) is 23.0 Å². The molecule has 2 aromatic rings. The molecule has 0 unspecified atom stereocenters. The molecule has 5 N–H and O–H groups in total. The van der Waals surface area contributed by atoms with Crippen LogP contribution in [0.5, 0.6) is 5.75 Å². The van der Waals surface area contributed by atoms with Crippen molar-refractivity contribution in [3.63, 3.8) is 0 Å². The first-order valence-electron chi connectivity index (χ1n) is 16.7. The summed E-state index contributed by atoms with van der Waals surface area (Å²) >= 11 is 6.33. The van der Waals surface area contributed by atoms with Gasteiger partial charge in [0.15, 0.2) is 0 Å². The highest BCUT2D eigenvalue weighted by Gasteiger charge is 2.47. The van der Waals surface area contributed by atoms with Gasteiger partial charge in [-0.05, 0) is 61.1 Å². The smallest absolute Gasteiger partial charge is 0.328 e. The van der Waals surface area contributed by atoms with Crippen LogP contribution in [0.4, 0.5) is 0 Å². The summed E-state index contributed by atoms with van der Waals surface area (Å²) in [6, 6.07) is 11.2. The lowest BCUT2D eigenvalue weighted by Crippen LogP contribution is -2.54. The fourth-order valence-corrected chi connectivity index (χ4v) is 6.09. The maximum absolute atomic E-state index is 13.7. The van der Waals surface area contributed by atoms with Crippen molar-refractivity contribution < 1.29 is 33.4 Å². The largest absolute Gasteiger partial charge is 0.495 e. The summed E-state index contributed by atoms with van der Waals surface area (Å²) in [6.07, 6.45) is 2.61. The van der Waals surface area contributed by atoms with Crippen LogP contribution in [0.3, 0.4) is 0 Å². The average molecular weight is 697 g/mol. The van der Waals surface area contributed by atoms with Crippen LogP contribution in [0.1, 0.15) is 70.3 Å². The Morgan fingerprint density at radius 2 is 1.69 bits per heavy atom. The molecule has 6 atom stereocenters. The van der Waals surface area contributed by atoms with Gasteiger partial charge in [-0.1, -0.05) is 68.8 Å². The highest BCUT2D eigenvalue weighted by atomic mass is 35.5. The third kappa shape index (κ3) is 10.3. The number of hydrogen-bond donors (Lipinski definition) is 4. The number of nitrogens with two attached hydrogens (primary N) is 1. The number of epoxide rings is 1. The van der Waals surface area contributed by atoms with Crippen LogP contribution in [-0.4, -0.2) is 61.6 Å². The van der Waals surface area contributed by atoms with Gasteiger partial charge in [-0.3, -0.25) is 14.4 Å². The van der Waals surface area contributed by atoms with Gasteiger partial charge in [-0.15, -0.1) is 0 Å². The molecule has 3 amide bonds.